The number of nitrogens with zero attached hydrogens (tertiary/aromatic N) is 1. The van der Waals surface area contributed by atoms with Crippen LogP contribution in [-0.4, -0.2) is 16.7 Å². The highest BCUT2D eigenvalue weighted by Gasteiger charge is 2.19. The summed E-state index contributed by atoms with van der Waals surface area (Å²) in [5.74, 6) is -0.663. The summed E-state index contributed by atoms with van der Waals surface area (Å²) in [5.41, 5.74) is 0.725. The minimum Gasteiger partial charge on any atom is -0.326 e. The second-order valence-electron chi connectivity index (χ2n) is 5.81. The molecule has 2 aromatic rings. The molecule has 0 spiro atoms. The summed E-state index contributed by atoms with van der Waals surface area (Å²) in [6.07, 6.45) is 3.32. The van der Waals surface area contributed by atoms with Gasteiger partial charge in [0.05, 0.1) is 4.92 Å². The Labute approximate surface area is 151 Å². The smallest absolute Gasteiger partial charge is 0.282 e. The third-order valence-electron chi connectivity index (χ3n) is 3.76. The molecule has 0 fully saturated rings. The van der Waals surface area contributed by atoms with E-state index in [4.69, 9.17) is 0 Å². The van der Waals surface area contributed by atoms with E-state index in [1.807, 2.05) is 0 Å². The van der Waals surface area contributed by atoms with E-state index in [1.54, 1.807) is 30.3 Å². The van der Waals surface area contributed by atoms with Crippen molar-refractivity contribution in [1.29, 1.82) is 0 Å². The Bertz CT molecular complexity index is 805. The molecular formula is C19H21N3O4. The topological polar surface area (TPSA) is 101 Å². The van der Waals surface area contributed by atoms with E-state index in [1.165, 1.54) is 18.2 Å². The van der Waals surface area contributed by atoms with Crippen LogP contribution in [-0.2, 0) is 4.79 Å². The second kappa shape index (κ2) is 9.31. The molecule has 2 N–H and O–H groups in total. The summed E-state index contributed by atoms with van der Waals surface area (Å²) in [6, 6.07) is 12.4. The lowest BCUT2D eigenvalue weighted by atomic mass is 10.1. The van der Waals surface area contributed by atoms with Gasteiger partial charge in [-0.05, 0) is 30.7 Å². The van der Waals surface area contributed by atoms with Gasteiger partial charge in [-0.25, -0.2) is 0 Å². The molecule has 7 nitrogen and oxygen atoms in total. The number of para-hydroxylation sites is 1. The molecule has 26 heavy (non-hydrogen) atoms. The predicted molar refractivity (Wildman–Crippen MR) is 100 cm³/mol. The van der Waals surface area contributed by atoms with Crippen LogP contribution < -0.4 is 10.6 Å². The summed E-state index contributed by atoms with van der Waals surface area (Å²) in [4.78, 5) is 34.7. The van der Waals surface area contributed by atoms with Gasteiger partial charge in [-0.15, -0.1) is 0 Å². The molecule has 0 heterocycles. The molecular weight excluding hydrogens is 334 g/mol. The van der Waals surface area contributed by atoms with Crippen molar-refractivity contribution in [2.24, 2.45) is 0 Å². The van der Waals surface area contributed by atoms with Crippen molar-refractivity contribution in [3.8, 4) is 0 Å². The Morgan fingerprint density at radius 1 is 1.00 bits per heavy atom. The molecule has 0 saturated carbocycles. The van der Waals surface area contributed by atoms with Gasteiger partial charge in [-0.3, -0.25) is 19.7 Å². The van der Waals surface area contributed by atoms with Crippen molar-refractivity contribution in [1.82, 2.24) is 0 Å². The number of benzene rings is 2. The first-order chi connectivity index (χ1) is 12.5. The van der Waals surface area contributed by atoms with E-state index in [9.17, 15) is 19.7 Å². The molecule has 0 aliphatic carbocycles. The average Bonchev–Trinajstić information content (AvgIpc) is 2.62. The van der Waals surface area contributed by atoms with Gasteiger partial charge >= 0.3 is 0 Å². The molecule has 0 bridgehead atoms. The van der Waals surface area contributed by atoms with Gasteiger partial charge in [0.2, 0.25) is 5.91 Å². The molecule has 0 unspecified atom stereocenters. The lowest BCUT2D eigenvalue weighted by Crippen LogP contribution is -2.15. The maximum absolute atomic E-state index is 12.3. The zero-order valence-corrected chi connectivity index (χ0v) is 14.5. The van der Waals surface area contributed by atoms with E-state index in [-0.39, 0.29) is 17.2 Å². The number of hydrogen-bond acceptors (Lipinski definition) is 4. The van der Waals surface area contributed by atoms with Gasteiger partial charge in [0.25, 0.3) is 11.6 Å². The summed E-state index contributed by atoms with van der Waals surface area (Å²) >= 11 is 0. The first-order valence-electron chi connectivity index (χ1n) is 8.46. The highest BCUT2D eigenvalue weighted by atomic mass is 16.6. The van der Waals surface area contributed by atoms with Crippen LogP contribution >= 0.6 is 0 Å². The lowest BCUT2D eigenvalue weighted by molar-refractivity contribution is -0.385. The maximum atomic E-state index is 12.3. The number of nitrogens with one attached hydrogen (secondary N) is 2. The Kier molecular flexibility index (Phi) is 6.84. The first kappa shape index (κ1) is 19.1. The number of rotatable bonds is 8. The molecule has 0 saturated heterocycles. The van der Waals surface area contributed by atoms with E-state index in [0.29, 0.717) is 17.8 Å². The fourth-order valence-electron chi connectivity index (χ4n) is 2.46. The van der Waals surface area contributed by atoms with Gasteiger partial charge in [0.1, 0.15) is 5.56 Å². The standard InChI is InChI=1S/C19H21N3O4/c1-2-3-4-12-18(23)20-14-8-7-9-15(13-14)21-19(24)16-10-5-6-11-17(16)22(25)26/h5-11,13H,2-4,12H2,1H3,(H,20,23)(H,21,24). The van der Waals surface area contributed by atoms with E-state index in [2.05, 4.69) is 17.6 Å². The number of anilines is 2. The van der Waals surface area contributed by atoms with Crippen molar-refractivity contribution >= 4 is 28.9 Å². The molecule has 0 radical (unpaired) electrons. The fraction of sp³-hybridized carbons (Fsp3) is 0.263. The summed E-state index contributed by atoms with van der Waals surface area (Å²) in [6.45, 7) is 2.07. The lowest BCUT2D eigenvalue weighted by Gasteiger charge is -2.09. The monoisotopic (exact) mass is 355 g/mol. The number of nitro benzene ring substituents is 1. The Morgan fingerprint density at radius 3 is 2.38 bits per heavy atom. The Hall–Kier alpha value is -3.22. The molecule has 2 amide bonds. The van der Waals surface area contributed by atoms with E-state index < -0.39 is 10.8 Å². The van der Waals surface area contributed by atoms with Crippen LogP contribution in [0.15, 0.2) is 48.5 Å². The van der Waals surface area contributed by atoms with Crippen LogP contribution in [0.4, 0.5) is 17.1 Å². The van der Waals surface area contributed by atoms with Crippen molar-refractivity contribution in [2.45, 2.75) is 32.6 Å². The third kappa shape index (κ3) is 5.41. The normalized spacial score (nSPS) is 10.2. The number of nitro groups is 1. The molecule has 2 aromatic carbocycles. The van der Waals surface area contributed by atoms with Crippen LogP contribution in [0.1, 0.15) is 43.0 Å². The second-order valence-corrected chi connectivity index (χ2v) is 5.81. The van der Waals surface area contributed by atoms with E-state index >= 15 is 0 Å². The average molecular weight is 355 g/mol. The molecule has 7 heteroatoms. The summed E-state index contributed by atoms with van der Waals surface area (Å²) in [7, 11) is 0. The number of unbranched alkanes of at least 4 members (excludes halogenated alkanes) is 2. The van der Waals surface area contributed by atoms with Crippen molar-refractivity contribution in [3.63, 3.8) is 0 Å². The Balaban J connectivity index is 2.05. The van der Waals surface area contributed by atoms with Crippen molar-refractivity contribution in [2.75, 3.05) is 10.6 Å². The molecule has 0 atom stereocenters. The number of carbonyl (C=O) groups excluding carboxylic acids is 2. The van der Waals surface area contributed by atoms with Gasteiger partial charge < -0.3 is 10.6 Å². The fourth-order valence-corrected chi connectivity index (χ4v) is 2.46. The summed E-state index contributed by atoms with van der Waals surface area (Å²) in [5, 5.41) is 16.5. The van der Waals surface area contributed by atoms with Crippen LogP contribution in [0, 0.1) is 10.1 Å². The van der Waals surface area contributed by atoms with Crippen LogP contribution in [0.3, 0.4) is 0 Å². The van der Waals surface area contributed by atoms with Crippen molar-refractivity contribution < 1.29 is 14.5 Å². The zero-order valence-electron chi connectivity index (χ0n) is 14.5. The molecule has 0 aliphatic rings. The highest BCUT2D eigenvalue weighted by molar-refractivity contribution is 6.07. The predicted octanol–water partition coefficient (Wildman–Crippen LogP) is 4.37. The Morgan fingerprint density at radius 2 is 1.69 bits per heavy atom. The number of amides is 2. The minimum absolute atomic E-state index is 0.0218. The van der Waals surface area contributed by atoms with Crippen LogP contribution in [0.5, 0.6) is 0 Å². The van der Waals surface area contributed by atoms with Gasteiger partial charge in [0.15, 0.2) is 0 Å². The quantitative estimate of drug-likeness (QED) is 0.417. The van der Waals surface area contributed by atoms with Gasteiger partial charge in [0, 0.05) is 23.9 Å². The number of hydrogen-bond donors (Lipinski definition) is 2. The van der Waals surface area contributed by atoms with Crippen LogP contribution in [0.2, 0.25) is 0 Å². The third-order valence-corrected chi connectivity index (χ3v) is 3.76. The molecule has 2 rings (SSSR count). The van der Waals surface area contributed by atoms with E-state index in [0.717, 1.165) is 19.3 Å². The largest absolute Gasteiger partial charge is 0.326 e. The molecule has 0 aromatic heterocycles. The first-order valence-corrected chi connectivity index (χ1v) is 8.46. The molecule has 136 valence electrons. The SMILES string of the molecule is CCCCCC(=O)Nc1cccc(NC(=O)c2ccccc2[N+](=O)[O-])c1. The molecule has 0 aliphatic heterocycles. The number of carbonyl (C=O) groups is 2. The zero-order chi connectivity index (χ0) is 18.9. The van der Waals surface area contributed by atoms with Gasteiger partial charge in [-0.1, -0.05) is 38.0 Å². The summed E-state index contributed by atoms with van der Waals surface area (Å²) < 4.78 is 0. The van der Waals surface area contributed by atoms with Gasteiger partial charge in [-0.2, -0.15) is 0 Å². The van der Waals surface area contributed by atoms with Crippen molar-refractivity contribution in [3.05, 3.63) is 64.2 Å². The maximum Gasteiger partial charge on any atom is 0.282 e. The minimum atomic E-state index is -0.595. The highest BCUT2D eigenvalue weighted by Crippen LogP contribution is 2.21. The van der Waals surface area contributed by atoms with Crippen LogP contribution in [0.25, 0.3) is 0 Å².